The van der Waals surface area contributed by atoms with E-state index in [2.05, 4.69) is 27.9 Å². The van der Waals surface area contributed by atoms with E-state index in [9.17, 15) is 4.39 Å². The number of rotatable bonds is 5. The van der Waals surface area contributed by atoms with Crippen LogP contribution in [0.15, 0.2) is 34.8 Å². The highest BCUT2D eigenvalue weighted by Gasteiger charge is 2.17. The van der Waals surface area contributed by atoms with Gasteiger partial charge in [-0.15, -0.1) is 0 Å². The number of nitrogens with two attached hydrogens (primary N) is 1. The summed E-state index contributed by atoms with van der Waals surface area (Å²) in [5, 5.41) is 0. The Morgan fingerprint density at radius 1 is 1.62 bits per heavy atom. The van der Waals surface area contributed by atoms with Gasteiger partial charge >= 0.3 is 0 Å². The smallest absolute Gasteiger partial charge is 0.129 e. The second-order valence-corrected chi connectivity index (χ2v) is 4.52. The first kappa shape index (κ1) is 13.4. The third kappa shape index (κ3) is 3.14. The lowest BCUT2D eigenvalue weighted by molar-refractivity contribution is 0.504. The van der Waals surface area contributed by atoms with Gasteiger partial charge in [-0.1, -0.05) is 41.1 Å². The van der Waals surface area contributed by atoms with E-state index in [4.69, 9.17) is 5.84 Å². The van der Waals surface area contributed by atoms with Crippen LogP contribution >= 0.6 is 15.9 Å². The van der Waals surface area contributed by atoms with Crippen molar-refractivity contribution in [2.75, 3.05) is 0 Å². The third-order valence-corrected chi connectivity index (χ3v) is 3.23. The van der Waals surface area contributed by atoms with Crippen LogP contribution in [0.4, 0.5) is 4.39 Å². The zero-order valence-electron chi connectivity index (χ0n) is 9.26. The van der Waals surface area contributed by atoms with Crippen molar-refractivity contribution in [1.29, 1.82) is 0 Å². The minimum absolute atomic E-state index is 0.247. The Labute approximate surface area is 104 Å². The van der Waals surface area contributed by atoms with Gasteiger partial charge in [-0.05, 0) is 25.0 Å². The minimum atomic E-state index is -0.263. The fourth-order valence-corrected chi connectivity index (χ4v) is 2.14. The van der Waals surface area contributed by atoms with Gasteiger partial charge in [0.15, 0.2) is 0 Å². The molecular formula is C12H16BrFN2. The summed E-state index contributed by atoms with van der Waals surface area (Å²) in [6.45, 7) is 5.93. The molecule has 1 atom stereocenters. The Morgan fingerprint density at radius 3 is 2.81 bits per heavy atom. The van der Waals surface area contributed by atoms with Gasteiger partial charge in [0.25, 0.3) is 0 Å². The Bertz CT molecular complexity index is 359. The molecule has 0 aliphatic carbocycles. The molecule has 88 valence electrons. The molecule has 0 aliphatic rings. The maximum Gasteiger partial charge on any atom is 0.129 e. The summed E-state index contributed by atoms with van der Waals surface area (Å²) in [6.07, 6.45) is 1.50. The fraction of sp³-hybridized carbons (Fsp3) is 0.333. The average Bonchev–Trinajstić information content (AvgIpc) is 2.27. The van der Waals surface area contributed by atoms with Crippen molar-refractivity contribution in [2.45, 2.75) is 25.8 Å². The summed E-state index contributed by atoms with van der Waals surface area (Å²) < 4.78 is 14.4. The van der Waals surface area contributed by atoms with Crippen LogP contribution < -0.4 is 11.3 Å². The first-order chi connectivity index (χ1) is 7.60. The van der Waals surface area contributed by atoms with Crippen molar-refractivity contribution >= 4 is 15.9 Å². The monoisotopic (exact) mass is 286 g/mol. The normalized spacial score (nSPS) is 12.5. The number of hydrogen-bond donors (Lipinski definition) is 2. The molecule has 1 aromatic carbocycles. The second kappa shape index (κ2) is 6.13. The third-order valence-electron chi connectivity index (χ3n) is 2.54. The summed E-state index contributed by atoms with van der Waals surface area (Å²) in [5.41, 5.74) is 4.23. The molecule has 0 saturated carbocycles. The van der Waals surface area contributed by atoms with E-state index < -0.39 is 0 Å². The molecule has 1 aromatic rings. The summed E-state index contributed by atoms with van der Waals surface area (Å²) >= 11 is 3.34. The molecule has 0 heterocycles. The van der Waals surface area contributed by atoms with Crippen LogP contribution in [0, 0.1) is 5.82 Å². The lowest BCUT2D eigenvalue weighted by atomic mass is 9.98. The van der Waals surface area contributed by atoms with Crippen LogP contribution in [0.1, 0.15) is 31.4 Å². The Kier molecular flexibility index (Phi) is 5.12. The predicted molar refractivity (Wildman–Crippen MR) is 68.2 cm³/mol. The zero-order chi connectivity index (χ0) is 12.1. The number of nitrogens with one attached hydrogen (secondary N) is 1. The highest BCUT2D eigenvalue weighted by atomic mass is 79.9. The molecular weight excluding hydrogens is 271 g/mol. The van der Waals surface area contributed by atoms with E-state index in [0.717, 1.165) is 16.5 Å². The van der Waals surface area contributed by atoms with Gasteiger partial charge < -0.3 is 0 Å². The Morgan fingerprint density at radius 2 is 2.31 bits per heavy atom. The van der Waals surface area contributed by atoms with Crippen LogP contribution in [-0.2, 0) is 0 Å². The van der Waals surface area contributed by atoms with E-state index in [1.165, 1.54) is 6.07 Å². The first-order valence-corrected chi connectivity index (χ1v) is 5.96. The van der Waals surface area contributed by atoms with Crippen molar-refractivity contribution in [3.8, 4) is 0 Å². The van der Waals surface area contributed by atoms with Crippen LogP contribution in [0.5, 0.6) is 0 Å². The van der Waals surface area contributed by atoms with Crippen LogP contribution in [0.2, 0.25) is 0 Å². The molecule has 1 rings (SSSR count). The van der Waals surface area contributed by atoms with E-state index >= 15 is 0 Å². The van der Waals surface area contributed by atoms with Crippen molar-refractivity contribution in [1.82, 2.24) is 5.43 Å². The lowest BCUT2D eigenvalue weighted by Crippen LogP contribution is -2.29. The molecule has 0 aromatic heterocycles. The highest BCUT2D eigenvalue weighted by Crippen LogP contribution is 2.29. The maximum absolute atomic E-state index is 13.7. The van der Waals surface area contributed by atoms with Crippen molar-refractivity contribution in [2.24, 2.45) is 5.84 Å². The molecule has 16 heavy (non-hydrogen) atoms. The molecule has 4 heteroatoms. The molecule has 2 nitrogen and oxygen atoms in total. The topological polar surface area (TPSA) is 38.0 Å². The molecule has 0 fully saturated rings. The molecule has 3 N–H and O–H groups in total. The van der Waals surface area contributed by atoms with Gasteiger partial charge in [-0.25, -0.2) is 4.39 Å². The summed E-state index contributed by atoms with van der Waals surface area (Å²) in [5.74, 6) is 5.20. The molecule has 1 unspecified atom stereocenters. The summed E-state index contributed by atoms with van der Waals surface area (Å²) in [7, 11) is 0. The average molecular weight is 287 g/mol. The van der Waals surface area contributed by atoms with Crippen LogP contribution in [0.25, 0.3) is 0 Å². The summed E-state index contributed by atoms with van der Waals surface area (Å²) in [4.78, 5) is 0. The molecule has 0 radical (unpaired) electrons. The van der Waals surface area contributed by atoms with Gasteiger partial charge in [-0.2, -0.15) is 0 Å². The van der Waals surface area contributed by atoms with Gasteiger partial charge in [0.2, 0.25) is 0 Å². The first-order valence-electron chi connectivity index (χ1n) is 5.16. The molecule has 0 aliphatic heterocycles. The van der Waals surface area contributed by atoms with Gasteiger partial charge in [-0.3, -0.25) is 11.3 Å². The molecule has 0 bridgehead atoms. The molecule has 0 spiro atoms. The number of benzene rings is 1. The minimum Gasteiger partial charge on any atom is -0.271 e. The molecule has 0 amide bonds. The SMILES string of the molecule is C=C(CC)CC(NN)c1c(F)cccc1Br. The predicted octanol–water partition coefficient (Wildman–Crippen LogP) is 3.45. The second-order valence-electron chi connectivity index (χ2n) is 3.66. The van der Waals surface area contributed by atoms with Gasteiger partial charge in [0.05, 0.1) is 6.04 Å². The van der Waals surface area contributed by atoms with E-state index in [1.54, 1.807) is 12.1 Å². The Balaban J connectivity index is 2.99. The van der Waals surface area contributed by atoms with Crippen molar-refractivity contribution in [3.63, 3.8) is 0 Å². The van der Waals surface area contributed by atoms with Crippen molar-refractivity contribution < 1.29 is 4.39 Å². The quantitative estimate of drug-likeness (QED) is 0.494. The summed E-state index contributed by atoms with van der Waals surface area (Å²) in [6, 6.07) is 4.64. The number of hydrazine groups is 1. The zero-order valence-corrected chi connectivity index (χ0v) is 10.8. The van der Waals surface area contributed by atoms with E-state index in [1.807, 2.05) is 6.92 Å². The number of hydrogen-bond acceptors (Lipinski definition) is 2. The van der Waals surface area contributed by atoms with Crippen LogP contribution in [0.3, 0.4) is 0 Å². The Hall–Kier alpha value is -0.710. The maximum atomic E-state index is 13.7. The van der Waals surface area contributed by atoms with Crippen molar-refractivity contribution in [3.05, 3.63) is 46.2 Å². The van der Waals surface area contributed by atoms with E-state index in [0.29, 0.717) is 12.0 Å². The standard InChI is InChI=1S/C12H16BrFN2/c1-3-8(2)7-11(16-15)12-9(13)5-4-6-10(12)14/h4-6,11,16H,2-3,7,15H2,1H3. The van der Waals surface area contributed by atoms with Gasteiger partial charge in [0, 0.05) is 10.0 Å². The lowest BCUT2D eigenvalue weighted by Gasteiger charge is -2.19. The molecule has 0 saturated heterocycles. The fourth-order valence-electron chi connectivity index (χ4n) is 1.52. The number of halogens is 2. The van der Waals surface area contributed by atoms with Gasteiger partial charge in [0.1, 0.15) is 5.82 Å². The largest absolute Gasteiger partial charge is 0.271 e. The van der Waals surface area contributed by atoms with Crippen LogP contribution in [-0.4, -0.2) is 0 Å². The van der Waals surface area contributed by atoms with E-state index in [-0.39, 0.29) is 11.9 Å². The highest BCUT2D eigenvalue weighted by molar-refractivity contribution is 9.10.